The Morgan fingerprint density at radius 1 is 1.30 bits per heavy atom. The van der Waals surface area contributed by atoms with Gasteiger partial charge >= 0.3 is 12.0 Å². The minimum absolute atomic E-state index is 0.158. The van der Waals surface area contributed by atoms with Crippen molar-refractivity contribution < 1.29 is 19.5 Å². The zero-order chi connectivity index (χ0) is 14.7. The highest BCUT2D eigenvalue weighted by Gasteiger charge is 2.36. The van der Waals surface area contributed by atoms with E-state index in [-0.39, 0.29) is 18.0 Å². The first-order valence-corrected chi connectivity index (χ1v) is 6.47. The molecule has 0 radical (unpaired) electrons. The van der Waals surface area contributed by atoms with Crippen molar-refractivity contribution in [2.75, 3.05) is 0 Å². The maximum atomic E-state index is 12.0. The summed E-state index contributed by atoms with van der Waals surface area (Å²) in [6, 6.07) is 5.30. The van der Waals surface area contributed by atoms with E-state index in [1.165, 1.54) is 12.1 Å². The number of aromatic carboxylic acids is 1. The van der Waals surface area contributed by atoms with Gasteiger partial charge in [-0.3, -0.25) is 9.69 Å². The van der Waals surface area contributed by atoms with Crippen LogP contribution in [0.1, 0.15) is 35.7 Å². The SMILES string of the molecule is CCCC1NC(=O)N(Cc2ccc(C(=O)O)cc2)C1=O. The Kier molecular flexibility index (Phi) is 4.02. The number of imide groups is 1. The number of benzene rings is 1. The molecule has 1 atom stereocenters. The molecule has 6 heteroatoms. The molecule has 3 amide bonds. The molecule has 1 aromatic carbocycles. The summed E-state index contributed by atoms with van der Waals surface area (Å²) in [4.78, 5) is 35.7. The molecular weight excluding hydrogens is 260 g/mol. The lowest BCUT2D eigenvalue weighted by atomic mass is 10.1. The van der Waals surface area contributed by atoms with Crippen molar-refractivity contribution in [1.29, 1.82) is 0 Å². The Hall–Kier alpha value is -2.37. The van der Waals surface area contributed by atoms with E-state index in [9.17, 15) is 14.4 Å². The zero-order valence-corrected chi connectivity index (χ0v) is 11.1. The number of hydrogen-bond donors (Lipinski definition) is 2. The van der Waals surface area contributed by atoms with Crippen LogP contribution in [0.5, 0.6) is 0 Å². The van der Waals surface area contributed by atoms with Crippen molar-refractivity contribution in [3.8, 4) is 0 Å². The summed E-state index contributed by atoms with van der Waals surface area (Å²) in [6.45, 7) is 2.11. The Balaban J connectivity index is 2.07. The van der Waals surface area contributed by atoms with Crippen LogP contribution in [-0.2, 0) is 11.3 Å². The maximum Gasteiger partial charge on any atom is 0.335 e. The average molecular weight is 276 g/mol. The highest BCUT2D eigenvalue weighted by Crippen LogP contribution is 2.15. The van der Waals surface area contributed by atoms with Crippen molar-refractivity contribution in [2.24, 2.45) is 0 Å². The highest BCUT2D eigenvalue weighted by molar-refractivity contribution is 6.04. The average Bonchev–Trinajstić information content (AvgIpc) is 2.68. The molecule has 1 aliphatic rings. The van der Waals surface area contributed by atoms with Gasteiger partial charge in [0.2, 0.25) is 0 Å². The highest BCUT2D eigenvalue weighted by atomic mass is 16.4. The zero-order valence-electron chi connectivity index (χ0n) is 11.1. The van der Waals surface area contributed by atoms with E-state index in [0.717, 1.165) is 16.9 Å². The smallest absolute Gasteiger partial charge is 0.335 e. The number of hydrogen-bond acceptors (Lipinski definition) is 3. The molecule has 106 valence electrons. The fourth-order valence-electron chi connectivity index (χ4n) is 2.15. The van der Waals surface area contributed by atoms with Crippen LogP contribution in [0, 0.1) is 0 Å². The monoisotopic (exact) mass is 276 g/mol. The molecule has 20 heavy (non-hydrogen) atoms. The minimum Gasteiger partial charge on any atom is -0.478 e. The van der Waals surface area contributed by atoms with Gasteiger partial charge in [-0.25, -0.2) is 9.59 Å². The fraction of sp³-hybridized carbons (Fsp3) is 0.357. The topological polar surface area (TPSA) is 86.7 Å². The second-order valence-corrected chi connectivity index (χ2v) is 4.72. The first-order valence-electron chi connectivity index (χ1n) is 6.47. The van der Waals surface area contributed by atoms with Gasteiger partial charge in [0.1, 0.15) is 6.04 Å². The van der Waals surface area contributed by atoms with Gasteiger partial charge in [-0.05, 0) is 24.1 Å². The van der Waals surface area contributed by atoms with Gasteiger partial charge in [0.25, 0.3) is 5.91 Å². The van der Waals surface area contributed by atoms with Crippen molar-refractivity contribution in [2.45, 2.75) is 32.4 Å². The van der Waals surface area contributed by atoms with E-state index in [1.54, 1.807) is 12.1 Å². The Bertz CT molecular complexity index is 539. The number of carbonyl (C=O) groups excluding carboxylic acids is 2. The predicted octanol–water partition coefficient (Wildman–Crippen LogP) is 1.61. The number of carboxylic acid groups (broad SMARTS) is 1. The maximum absolute atomic E-state index is 12.0. The molecule has 0 spiro atoms. The normalized spacial score (nSPS) is 18.2. The Morgan fingerprint density at radius 3 is 2.50 bits per heavy atom. The summed E-state index contributed by atoms with van der Waals surface area (Å²) in [7, 11) is 0. The van der Waals surface area contributed by atoms with Gasteiger partial charge in [-0.1, -0.05) is 25.5 Å². The van der Waals surface area contributed by atoms with E-state index in [1.807, 2.05) is 6.92 Å². The van der Waals surface area contributed by atoms with Crippen LogP contribution in [0.15, 0.2) is 24.3 Å². The van der Waals surface area contributed by atoms with Crippen molar-refractivity contribution in [3.05, 3.63) is 35.4 Å². The summed E-state index contributed by atoms with van der Waals surface area (Å²) < 4.78 is 0. The van der Waals surface area contributed by atoms with Gasteiger partial charge in [-0.15, -0.1) is 0 Å². The van der Waals surface area contributed by atoms with Crippen LogP contribution >= 0.6 is 0 Å². The van der Waals surface area contributed by atoms with E-state index in [2.05, 4.69) is 5.32 Å². The van der Waals surface area contributed by atoms with E-state index < -0.39 is 18.0 Å². The molecule has 2 N–H and O–H groups in total. The van der Waals surface area contributed by atoms with Crippen LogP contribution in [0.3, 0.4) is 0 Å². The first kappa shape index (κ1) is 14.0. The molecular formula is C14H16N2O4. The summed E-state index contributed by atoms with van der Waals surface area (Å²) in [5.41, 5.74) is 0.894. The lowest BCUT2D eigenvalue weighted by molar-refractivity contribution is -0.128. The van der Waals surface area contributed by atoms with E-state index >= 15 is 0 Å². The van der Waals surface area contributed by atoms with Gasteiger partial charge in [-0.2, -0.15) is 0 Å². The van der Waals surface area contributed by atoms with Crippen LogP contribution < -0.4 is 5.32 Å². The molecule has 1 unspecified atom stereocenters. The second-order valence-electron chi connectivity index (χ2n) is 4.72. The number of amides is 3. The standard InChI is InChI=1S/C14H16N2O4/c1-2-3-11-12(17)16(14(20)15-11)8-9-4-6-10(7-5-9)13(18)19/h4-7,11H,2-3,8H2,1H3,(H,15,20)(H,18,19). The van der Waals surface area contributed by atoms with Crippen LogP contribution in [0.25, 0.3) is 0 Å². The van der Waals surface area contributed by atoms with Gasteiger partial charge in [0.15, 0.2) is 0 Å². The summed E-state index contributed by atoms with van der Waals surface area (Å²) >= 11 is 0. The van der Waals surface area contributed by atoms with Crippen molar-refractivity contribution >= 4 is 17.9 Å². The van der Waals surface area contributed by atoms with E-state index in [4.69, 9.17) is 5.11 Å². The number of carboxylic acids is 1. The number of rotatable bonds is 5. The Morgan fingerprint density at radius 2 is 1.95 bits per heavy atom. The van der Waals surface area contributed by atoms with Crippen LogP contribution in [0.2, 0.25) is 0 Å². The molecule has 0 aromatic heterocycles. The third kappa shape index (κ3) is 2.79. The van der Waals surface area contributed by atoms with Crippen LogP contribution in [0.4, 0.5) is 4.79 Å². The molecule has 1 saturated heterocycles. The quantitative estimate of drug-likeness (QED) is 0.800. The number of nitrogens with one attached hydrogen (secondary N) is 1. The third-order valence-corrected chi connectivity index (χ3v) is 3.23. The largest absolute Gasteiger partial charge is 0.478 e. The van der Waals surface area contributed by atoms with Gasteiger partial charge in [0.05, 0.1) is 12.1 Å². The Labute approximate surface area is 116 Å². The molecule has 0 bridgehead atoms. The molecule has 2 rings (SSSR count). The van der Waals surface area contributed by atoms with Gasteiger partial charge < -0.3 is 10.4 Å². The van der Waals surface area contributed by atoms with Gasteiger partial charge in [0, 0.05) is 0 Å². The third-order valence-electron chi connectivity index (χ3n) is 3.23. The first-order chi connectivity index (χ1) is 9.52. The molecule has 1 aromatic rings. The number of nitrogens with zero attached hydrogens (tertiary/aromatic N) is 1. The lowest BCUT2D eigenvalue weighted by Gasteiger charge is -2.13. The fourth-order valence-corrected chi connectivity index (χ4v) is 2.15. The van der Waals surface area contributed by atoms with Crippen molar-refractivity contribution in [1.82, 2.24) is 10.2 Å². The number of carbonyl (C=O) groups is 3. The summed E-state index contributed by atoms with van der Waals surface area (Å²) in [5, 5.41) is 11.5. The summed E-state index contributed by atoms with van der Waals surface area (Å²) in [5.74, 6) is -1.23. The second kappa shape index (κ2) is 5.73. The number of urea groups is 1. The molecule has 6 nitrogen and oxygen atoms in total. The molecule has 1 fully saturated rings. The van der Waals surface area contributed by atoms with E-state index in [0.29, 0.717) is 6.42 Å². The van der Waals surface area contributed by atoms with Crippen molar-refractivity contribution in [3.63, 3.8) is 0 Å². The molecule has 0 saturated carbocycles. The molecule has 1 aliphatic heterocycles. The van der Waals surface area contributed by atoms with Crippen LogP contribution in [-0.4, -0.2) is 34.0 Å². The predicted molar refractivity (Wildman–Crippen MR) is 71.2 cm³/mol. The minimum atomic E-state index is -1.01. The molecule has 0 aliphatic carbocycles. The molecule has 1 heterocycles. The summed E-state index contributed by atoms with van der Waals surface area (Å²) in [6.07, 6.45) is 1.44. The lowest BCUT2D eigenvalue weighted by Crippen LogP contribution is -2.30.